The number of rotatable bonds is 5. The van der Waals surface area contributed by atoms with Gasteiger partial charge in [-0.15, -0.1) is 0 Å². The molecule has 1 aliphatic heterocycles. The van der Waals surface area contributed by atoms with E-state index >= 15 is 0 Å². The largest absolute Gasteiger partial charge is 0.460 e. The summed E-state index contributed by atoms with van der Waals surface area (Å²) in [7, 11) is 0. The maximum absolute atomic E-state index is 6.12. The lowest BCUT2D eigenvalue weighted by molar-refractivity contribution is 0.114. The normalized spacial score (nSPS) is 19.7. The molecule has 0 radical (unpaired) electrons. The Bertz CT molecular complexity index is 1090. The van der Waals surface area contributed by atoms with E-state index in [1.54, 1.807) is 6.20 Å². The lowest BCUT2D eigenvalue weighted by Crippen LogP contribution is -2.25. The highest BCUT2D eigenvalue weighted by molar-refractivity contribution is 7.18. The van der Waals surface area contributed by atoms with E-state index in [9.17, 15) is 0 Å². The van der Waals surface area contributed by atoms with Crippen molar-refractivity contribution in [1.29, 1.82) is 0 Å². The van der Waals surface area contributed by atoms with Crippen LogP contribution in [0, 0.1) is 5.41 Å². The number of hydrogen-bond acceptors (Lipinski definition) is 9. The molecule has 1 spiro atoms. The Morgan fingerprint density at radius 2 is 1.97 bits per heavy atom. The number of hydrogen-bond donors (Lipinski definition) is 2. The maximum Gasteiger partial charge on any atom is 0.317 e. The first kappa shape index (κ1) is 19.1. The minimum absolute atomic E-state index is 0.233. The van der Waals surface area contributed by atoms with Crippen molar-refractivity contribution < 1.29 is 4.74 Å². The molecule has 4 heterocycles. The third-order valence-electron chi connectivity index (χ3n) is 6.64. The van der Waals surface area contributed by atoms with E-state index in [-0.39, 0.29) is 6.10 Å². The summed E-state index contributed by atoms with van der Waals surface area (Å²) in [6, 6.07) is 2.36. The van der Waals surface area contributed by atoms with Crippen molar-refractivity contribution in [3.8, 4) is 16.6 Å². The molecule has 0 bridgehead atoms. The third kappa shape index (κ3) is 4.12. The molecular formula is C22H25N7OS. The van der Waals surface area contributed by atoms with Crippen LogP contribution < -0.4 is 15.4 Å². The van der Waals surface area contributed by atoms with Crippen LogP contribution in [0.1, 0.15) is 49.8 Å². The monoisotopic (exact) mass is 435 g/mol. The molecule has 160 valence electrons. The summed E-state index contributed by atoms with van der Waals surface area (Å²) in [4.78, 5) is 23.5. The molecule has 2 fully saturated rings. The van der Waals surface area contributed by atoms with Gasteiger partial charge in [0.05, 0.1) is 16.3 Å². The van der Waals surface area contributed by atoms with Crippen LogP contribution in [-0.2, 0) is 13.0 Å². The average Bonchev–Trinajstić information content (AvgIpc) is 3.40. The van der Waals surface area contributed by atoms with Gasteiger partial charge in [0.1, 0.15) is 6.10 Å². The molecule has 0 amide bonds. The second-order valence-electron chi connectivity index (χ2n) is 8.79. The summed E-state index contributed by atoms with van der Waals surface area (Å²) in [5.74, 6) is 0.582. The van der Waals surface area contributed by atoms with Gasteiger partial charge in [-0.1, -0.05) is 11.3 Å². The quantitative estimate of drug-likeness (QED) is 0.623. The first-order valence-electron chi connectivity index (χ1n) is 11.0. The van der Waals surface area contributed by atoms with Gasteiger partial charge in [-0.25, -0.2) is 19.9 Å². The number of anilines is 2. The van der Waals surface area contributed by atoms with Crippen molar-refractivity contribution in [3.05, 3.63) is 35.9 Å². The van der Waals surface area contributed by atoms with E-state index in [0.29, 0.717) is 17.4 Å². The Hall–Kier alpha value is -2.65. The molecule has 3 aromatic heterocycles. The first-order chi connectivity index (χ1) is 15.2. The summed E-state index contributed by atoms with van der Waals surface area (Å²) in [6.07, 6.45) is 14.2. The molecule has 0 saturated heterocycles. The number of aromatic nitrogens is 5. The van der Waals surface area contributed by atoms with Crippen LogP contribution in [0.3, 0.4) is 0 Å². The Morgan fingerprint density at radius 3 is 2.84 bits per heavy atom. The number of thiazole rings is 1. The van der Waals surface area contributed by atoms with Crippen LogP contribution in [0.4, 0.5) is 11.1 Å². The zero-order chi connectivity index (χ0) is 20.7. The van der Waals surface area contributed by atoms with Gasteiger partial charge in [0.25, 0.3) is 0 Å². The van der Waals surface area contributed by atoms with Gasteiger partial charge in [0.15, 0.2) is 5.13 Å². The minimum Gasteiger partial charge on any atom is -0.460 e. The number of ether oxygens (including phenoxy) is 1. The topological polar surface area (TPSA) is 97.7 Å². The standard InChI is InChI=1S/C22H25N7OS/c1-5-22(7-8-22)6-2-15(1)30-20-24-10-4-17(28-20)18-13-26-21(31-18)29-19-25-12-14-11-23-9-3-16(14)27-19/h4,10,12-13,15,23H,1-3,5-9,11H2,(H,25,26,27,29). The van der Waals surface area contributed by atoms with E-state index in [2.05, 4.69) is 35.6 Å². The fraction of sp³-hybridized carbons (Fsp3) is 0.500. The SMILES string of the molecule is c1cc(-c2cnc(Nc3ncc4c(n3)CCNC4)s2)nc(OC2CCC3(CC2)CC3)n1. The van der Waals surface area contributed by atoms with Crippen LogP contribution >= 0.6 is 11.3 Å². The van der Waals surface area contributed by atoms with Crippen LogP contribution in [0.25, 0.3) is 10.6 Å². The van der Waals surface area contributed by atoms with Gasteiger partial charge in [-0.2, -0.15) is 4.98 Å². The van der Waals surface area contributed by atoms with Gasteiger partial charge >= 0.3 is 6.01 Å². The first-order valence-corrected chi connectivity index (χ1v) is 11.8. The fourth-order valence-electron chi connectivity index (χ4n) is 4.52. The Kier molecular flexibility index (Phi) is 4.80. The molecule has 0 aromatic carbocycles. The summed E-state index contributed by atoms with van der Waals surface area (Å²) in [5.41, 5.74) is 3.74. The van der Waals surface area contributed by atoms with Crippen molar-refractivity contribution in [1.82, 2.24) is 30.2 Å². The number of fused-ring (bicyclic) bond motifs is 1. The van der Waals surface area contributed by atoms with Crippen molar-refractivity contribution >= 4 is 22.4 Å². The molecule has 2 saturated carbocycles. The summed E-state index contributed by atoms with van der Waals surface area (Å²) in [6.45, 7) is 1.78. The molecule has 31 heavy (non-hydrogen) atoms. The Labute approximate surface area is 184 Å². The molecule has 0 atom stereocenters. The van der Waals surface area contributed by atoms with Crippen molar-refractivity contribution in [2.75, 3.05) is 11.9 Å². The lowest BCUT2D eigenvalue weighted by atomic mass is 9.85. The summed E-state index contributed by atoms with van der Waals surface area (Å²) < 4.78 is 6.12. The van der Waals surface area contributed by atoms with E-state index < -0.39 is 0 Å². The van der Waals surface area contributed by atoms with Crippen molar-refractivity contribution in [2.45, 2.75) is 57.6 Å². The molecule has 9 heteroatoms. The smallest absolute Gasteiger partial charge is 0.317 e. The Morgan fingerprint density at radius 1 is 1.06 bits per heavy atom. The molecule has 6 rings (SSSR count). The van der Waals surface area contributed by atoms with Crippen molar-refractivity contribution in [3.63, 3.8) is 0 Å². The van der Waals surface area contributed by atoms with E-state index in [4.69, 9.17) is 4.74 Å². The molecule has 2 N–H and O–H groups in total. The zero-order valence-corrected chi connectivity index (χ0v) is 18.1. The van der Waals surface area contributed by atoms with Gasteiger partial charge < -0.3 is 15.4 Å². The molecule has 8 nitrogen and oxygen atoms in total. The average molecular weight is 436 g/mol. The van der Waals surface area contributed by atoms with Crippen molar-refractivity contribution in [2.24, 2.45) is 5.41 Å². The lowest BCUT2D eigenvalue weighted by Gasteiger charge is -2.28. The second kappa shape index (κ2) is 7.80. The summed E-state index contributed by atoms with van der Waals surface area (Å²) >= 11 is 1.52. The van der Waals surface area contributed by atoms with Gasteiger partial charge in [0.2, 0.25) is 5.95 Å². The summed E-state index contributed by atoms with van der Waals surface area (Å²) in [5, 5.41) is 7.31. The minimum atomic E-state index is 0.233. The van der Waals surface area contributed by atoms with Crippen LogP contribution in [0.5, 0.6) is 6.01 Å². The van der Waals surface area contributed by atoms with Crippen LogP contribution in [0.15, 0.2) is 24.7 Å². The van der Waals surface area contributed by atoms with Gasteiger partial charge in [-0.3, -0.25) is 0 Å². The fourth-order valence-corrected chi connectivity index (χ4v) is 5.30. The van der Waals surface area contributed by atoms with E-state index in [1.807, 2.05) is 18.5 Å². The van der Waals surface area contributed by atoms with Gasteiger partial charge in [0, 0.05) is 43.7 Å². The van der Waals surface area contributed by atoms with Crippen LogP contribution in [0.2, 0.25) is 0 Å². The molecule has 2 aliphatic carbocycles. The number of nitrogens with one attached hydrogen (secondary N) is 2. The van der Waals surface area contributed by atoms with Crippen LogP contribution in [-0.4, -0.2) is 37.6 Å². The van der Waals surface area contributed by atoms with E-state index in [1.165, 1.54) is 37.0 Å². The Balaban J connectivity index is 1.13. The predicted octanol–water partition coefficient (Wildman–Crippen LogP) is 3.88. The zero-order valence-electron chi connectivity index (χ0n) is 17.3. The van der Waals surface area contributed by atoms with E-state index in [0.717, 1.165) is 59.3 Å². The second-order valence-corrected chi connectivity index (χ2v) is 9.82. The van der Waals surface area contributed by atoms with Gasteiger partial charge in [-0.05, 0) is 50.0 Å². The number of nitrogens with zero attached hydrogens (tertiary/aromatic N) is 5. The highest BCUT2D eigenvalue weighted by atomic mass is 32.1. The third-order valence-corrected chi connectivity index (χ3v) is 7.58. The predicted molar refractivity (Wildman–Crippen MR) is 118 cm³/mol. The molecule has 3 aromatic rings. The molecular weight excluding hydrogens is 410 g/mol. The highest BCUT2D eigenvalue weighted by Crippen LogP contribution is 2.56. The molecule has 0 unspecified atom stereocenters. The highest BCUT2D eigenvalue weighted by Gasteiger charge is 2.45. The molecule has 3 aliphatic rings. The maximum atomic E-state index is 6.12.